The van der Waals surface area contributed by atoms with Crippen LogP contribution in [0.3, 0.4) is 0 Å². The first-order valence-electron chi connectivity index (χ1n) is 10.9. The molecule has 1 aliphatic rings. The van der Waals surface area contributed by atoms with Gasteiger partial charge in [-0.1, -0.05) is 46.5 Å². The maximum atomic E-state index is 14.9. The molecule has 0 saturated carbocycles. The average molecular weight is 464 g/mol. The standard InChI is InChI=1S/C20H34FN3O8/c1-4-5-6-7-8-9-15(21)24(31)19(29)16(26)14(11-25)32-20(19,30)23-10-13(12(2)3)17(27)22-18(23)28/h10,12,14-16,25-26,29-31H,4-9,11H2,1-3H3,(H,22,27,28)/t14-,15?,16-,19-,20+/m1/s1. The molecule has 0 radical (unpaired) electrons. The number of rotatable bonds is 11. The smallest absolute Gasteiger partial charge is 0.332 e. The van der Waals surface area contributed by atoms with Crippen LogP contribution in [0.15, 0.2) is 15.8 Å². The highest BCUT2D eigenvalue weighted by Gasteiger charge is 2.71. The highest BCUT2D eigenvalue weighted by molar-refractivity contribution is 5.13. The molecule has 1 aromatic heterocycles. The number of hydroxylamine groups is 2. The molecule has 0 bridgehead atoms. The second kappa shape index (κ2) is 10.5. The maximum Gasteiger partial charge on any atom is 0.332 e. The van der Waals surface area contributed by atoms with Gasteiger partial charge in [0, 0.05) is 11.8 Å². The van der Waals surface area contributed by atoms with Gasteiger partial charge in [-0.2, -0.15) is 0 Å². The molecule has 1 aromatic rings. The molecular weight excluding hydrogens is 429 g/mol. The normalized spacial score (nSPS) is 29.2. The van der Waals surface area contributed by atoms with Crippen molar-refractivity contribution in [3.63, 3.8) is 0 Å². The Kier molecular flexibility index (Phi) is 8.73. The van der Waals surface area contributed by atoms with Gasteiger partial charge in [0.15, 0.2) is 6.30 Å². The number of unbranched alkanes of at least 4 members (excludes halogenated alkanes) is 4. The molecule has 0 amide bonds. The number of hydrogen-bond acceptors (Lipinski definition) is 9. The van der Waals surface area contributed by atoms with Crippen molar-refractivity contribution < 1.29 is 34.8 Å². The van der Waals surface area contributed by atoms with Gasteiger partial charge in [0.1, 0.15) is 12.2 Å². The van der Waals surface area contributed by atoms with Crippen LogP contribution >= 0.6 is 0 Å². The highest BCUT2D eigenvalue weighted by atomic mass is 19.1. The molecule has 1 fully saturated rings. The molecule has 184 valence electrons. The second-order valence-corrected chi connectivity index (χ2v) is 8.47. The second-order valence-electron chi connectivity index (χ2n) is 8.47. The Balaban J connectivity index is 2.47. The minimum atomic E-state index is -3.29. The van der Waals surface area contributed by atoms with Crippen molar-refractivity contribution >= 4 is 0 Å². The number of nitrogens with one attached hydrogen (secondary N) is 1. The molecule has 2 heterocycles. The Morgan fingerprint density at radius 2 is 1.88 bits per heavy atom. The van der Waals surface area contributed by atoms with E-state index in [0.717, 1.165) is 25.5 Å². The number of aromatic amines is 1. The molecule has 6 N–H and O–H groups in total. The van der Waals surface area contributed by atoms with Crippen LogP contribution in [0.5, 0.6) is 0 Å². The quantitative estimate of drug-likeness (QED) is 0.115. The van der Waals surface area contributed by atoms with Gasteiger partial charge < -0.3 is 30.4 Å². The summed E-state index contributed by atoms with van der Waals surface area (Å²) in [6.45, 7) is 4.35. The Morgan fingerprint density at radius 1 is 1.25 bits per heavy atom. The summed E-state index contributed by atoms with van der Waals surface area (Å²) in [6, 6.07) is 0. The molecule has 12 heteroatoms. The average Bonchev–Trinajstić information content (AvgIpc) is 2.94. The van der Waals surface area contributed by atoms with Crippen molar-refractivity contribution in [1.29, 1.82) is 0 Å². The summed E-state index contributed by atoms with van der Waals surface area (Å²) in [5.41, 5.74) is -5.26. The Bertz CT molecular complexity index is 877. The Hall–Kier alpha value is -1.67. The van der Waals surface area contributed by atoms with E-state index in [1.807, 2.05) is 11.9 Å². The van der Waals surface area contributed by atoms with Gasteiger partial charge in [0.2, 0.25) is 5.72 Å². The molecule has 0 spiro atoms. The van der Waals surface area contributed by atoms with Crippen molar-refractivity contribution in [2.75, 3.05) is 6.61 Å². The van der Waals surface area contributed by atoms with E-state index in [0.29, 0.717) is 17.4 Å². The van der Waals surface area contributed by atoms with Crippen LogP contribution in [-0.2, 0) is 10.6 Å². The number of H-pyrrole nitrogens is 1. The zero-order valence-electron chi connectivity index (χ0n) is 18.6. The highest BCUT2D eigenvalue weighted by Crippen LogP contribution is 2.44. The van der Waals surface area contributed by atoms with Crippen LogP contribution in [0.4, 0.5) is 4.39 Å². The first kappa shape index (κ1) is 26.6. The van der Waals surface area contributed by atoms with Crippen LogP contribution in [0.25, 0.3) is 0 Å². The number of nitrogens with zero attached hydrogens (tertiary/aromatic N) is 2. The molecule has 1 unspecified atom stereocenters. The van der Waals surface area contributed by atoms with E-state index in [1.165, 1.54) is 0 Å². The van der Waals surface area contributed by atoms with E-state index in [4.69, 9.17) is 4.74 Å². The topological polar surface area (TPSA) is 168 Å². The molecule has 0 aromatic carbocycles. The van der Waals surface area contributed by atoms with Crippen LogP contribution < -0.4 is 11.2 Å². The number of alkyl halides is 1. The lowest BCUT2D eigenvalue weighted by Gasteiger charge is -2.43. The summed E-state index contributed by atoms with van der Waals surface area (Å²) in [5.74, 6) is -3.67. The summed E-state index contributed by atoms with van der Waals surface area (Å²) in [4.78, 5) is 26.5. The number of aliphatic hydroxyl groups is 4. The van der Waals surface area contributed by atoms with Crippen LogP contribution in [-0.4, -0.2) is 71.1 Å². The molecule has 0 aliphatic carbocycles. The molecule has 32 heavy (non-hydrogen) atoms. The summed E-state index contributed by atoms with van der Waals surface area (Å²) < 4.78 is 20.4. The molecule has 11 nitrogen and oxygen atoms in total. The first-order valence-corrected chi connectivity index (χ1v) is 10.9. The van der Waals surface area contributed by atoms with Gasteiger partial charge in [-0.3, -0.25) is 9.78 Å². The largest absolute Gasteiger partial charge is 0.394 e. The monoisotopic (exact) mass is 463 g/mol. The van der Waals surface area contributed by atoms with Crippen molar-refractivity contribution in [2.45, 2.75) is 95.4 Å². The molecule has 2 rings (SSSR count). The van der Waals surface area contributed by atoms with E-state index < -0.39 is 53.9 Å². The van der Waals surface area contributed by atoms with Crippen molar-refractivity contribution in [3.8, 4) is 0 Å². The van der Waals surface area contributed by atoms with Gasteiger partial charge in [0.25, 0.3) is 5.56 Å². The fraction of sp³-hybridized carbons (Fsp3) is 0.800. The lowest BCUT2D eigenvalue weighted by atomic mass is 9.99. The molecule has 1 aliphatic heterocycles. The SMILES string of the molecule is CCCCCCCC(F)N(O)[C@@]1(O)[C@H](O)[C@@H](CO)O[C@]1(O)n1cc(C(C)C)c(=O)[nH]c1=O. The zero-order chi connectivity index (χ0) is 24.3. The fourth-order valence-electron chi connectivity index (χ4n) is 3.84. The lowest BCUT2D eigenvalue weighted by molar-refractivity contribution is -0.428. The summed E-state index contributed by atoms with van der Waals surface area (Å²) >= 11 is 0. The predicted molar refractivity (Wildman–Crippen MR) is 110 cm³/mol. The fourth-order valence-corrected chi connectivity index (χ4v) is 3.84. The number of ether oxygens (including phenoxy) is 1. The van der Waals surface area contributed by atoms with E-state index >= 15 is 0 Å². The maximum absolute atomic E-state index is 14.9. The van der Waals surface area contributed by atoms with Gasteiger partial charge in [-0.25, -0.2) is 13.8 Å². The third-order valence-electron chi connectivity index (χ3n) is 5.82. The van der Waals surface area contributed by atoms with Gasteiger partial charge >= 0.3 is 11.6 Å². The third-order valence-corrected chi connectivity index (χ3v) is 5.82. The molecule has 5 atom stereocenters. The Morgan fingerprint density at radius 3 is 2.44 bits per heavy atom. The van der Waals surface area contributed by atoms with Gasteiger partial charge in [-0.15, -0.1) is 5.06 Å². The number of halogens is 1. The lowest BCUT2D eigenvalue weighted by Crippen LogP contribution is -2.69. The van der Waals surface area contributed by atoms with Crippen molar-refractivity contribution in [2.24, 2.45) is 0 Å². The third kappa shape index (κ3) is 4.67. The minimum Gasteiger partial charge on any atom is -0.394 e. The van der Waals surface area contributed by atoms with E-state index in [1.54, 1.807) is 13.8 Å². The van der Waals surface area contributed by atoms with E-state index in [2.05, 4.69) is 0 Å². The zero-order valence-corrected chi connectivity index (χ0v) is 18.6. The first-order chi connectivity index (χ1) is 14.9. The van der Waals surface area contributed by atoms with Crippen molar-refractivity contribution in [3.05, 3.63) is 32.6 Å². The molecule has 1 saturated heterocycles. The minimum absolute atomic E-state index is 0.0168. The van der Waals surface area contributed by atoms with Crippen LogP contribution in [0.2, 0.25) is 0 Å². The van der Waals surface area contributed by atoms with Gasteiger partial charge in [0.05, 0.1) is 6.61 Å². The Labute approximate surface area is 184 Å². The number of aliphatic hydroxyl groups excluding tert-OH is 2. The summed E-state index contributed by atoms with van der Waals surface area (Å²) in [6.07, 6.45) is -1.68. The number of hydrogen-bond donors (Lipinski definition) is 6. The predicted octanol–water partition coefficient (Wildman–Crippen LogP) is 0.0505. The van der Waals surface area contributed by atoms with E-state index in [9.17, 15) is 39.6 Å². The van der Waals surface area contributed by atoms with Crippen LogP contribution in [0, 0.1) is 0 Å². The van der Waals surface area contributed by atoms with Gasteiger partial charge in [-0.05, 0) is 18.8 Å². The molecular formula is C20H34FN3O8. The summed E-state index contributed by atoms with van der Waals surface area (Å²) in [5, 5.41) is 52.7. The van der Waals surface area contributed by atoms with E-state index in [-0.39, 0.29) is 17.0 Å². The number of aromatic nitrogens is 2. The summed E-state index contributed by atoms with van der Waals surface area (Å²) in [7, 11) is 0. The van der Waals surface area contributed by atoms with Crippen LogP contribution in [0.1, 0.15) is 70.8 Å². The van der Waals surface area contributed by atoms with Crippen molar-refractivity contribution in [1.82, 2.24) is 14.6 Å².